The molecule has 1 aliphatic heterocycles. The Morgan fingerprint density at radius 3 is 2.49 bits per heavy atom. The third kappa shape index (κ3) is 3.86. The van der Waals surface area contributed by atoms with E-state index in [0.717, 1.165) is 11.1 Å². The summed E-state index contributed by atoms with van der Waals surface area (Å²) >= 11 is 0. The fourth-order valence-electron chi connectivity index (χ4n) is 9.18. The second-order valence-corrected chi connectivity index (χ2v) is 15.3. The van der Waals surface area contributed by atoms with Gasteiger partial charge in [-0.05, 0) is 77.0 Å². The van der Waals surface area contributed by atoms with E-state index in [1.165, 1.54) is 12.1 Å². The number of rotatable bonds is 5. The molecular formula is C31H39FO8S. The van der Waals surface area contributed by atoms with Crippen molar-refractivity contribution in [3.8, 4) is 0 Å². The third-order valence-electron chi connectivity index (χ3n) is 11.1. The van der Waals surface area contributed by atoms with Crippen LogP contribution in [0.15, 0.2) is 40.8 Å². The number of hydrogen-bond acceptors (Lipinski definition) is 8. The number of halogens is 1. The van der Waals surface area contributed by atoms with E-state index in [0.29, 0.717) is 25.7 Å². The van der Waals surface area contributed by atoms with Crippen molar-refractivity contribution in [2.45, 2.75) is 107 Å². The average Bonchev–Trinajstić information content (AvgIpc) is 3.30. The number of allylic oxidation sites excluding steroid dienone is 1. The second kappa shape index (κ2) is 9.02. The molecule has 10 heteroatoms. The van der Waals surface area contributed by atoms with Crippen LogP contribution < -0.4 is 0 Å². The second-order valence-electron chi connectivity index (χ2n) is 13.7. The summed E-state index contributed by atoms with van der Waals surface area (Å²) in [6.45, 7) is 8.11. The maximum absolute atomic E-state index is 17.6. The predicted molar refractivity (Wildman–Crippen MR) is 146 cm³/mol. The van der Waals surface area contributed by atoms with Crippen LogP contribution in [0.25, 0.3) is 0 Å². The van der Waals surface area contributed by atoms with Gasteiger partial charge in [0.05, 0.1) is 17.1 Å². The van der Waals surface area contributed by atoms with Crippen LogP contribution in [0.5, 0.6) is 0 Å². The number of Topliss-reactive ketones (excluding diaryl/α,β-unsaturated/α-hetero) is 1. The quantitative estimate of drug-likeness (QED) is 0.503. The van der Waals surface area contributed by atoms with Crippen LogP contribution in [0.1, 0.15) is 71.8 Å². The largest absolute Gasteiger partial charge is 0.390 e. The van der Waals surface area contributed by atoms with E-state index in [1.807, 2.05) is 20.8 Å². The van der Waals surface area contributed by atoms with Crippen molar-refractivity contribution in [2.75, 3.05) is 6.61 Å². The van der Waals surface area contributed by atoms with E-state index >= 15 is 4.39 Å². The van der Waals surface area contributed by atoms with Crippen LogP contribution in [-0.4, -0.2) is 61.0 Å². The maximum Gasteiger partial charge on any atom is 0.297 e. The van der Waals surface area contributed by atoms with Gasteiger partial charge in [-0.15, -0.1) is 0 Å². The first-order chi connectivity index (χ1) is 19.0. The van der Waals surface area contributed by atoms with Gasteiger partial charge < -0.3 is 14.6 Å². The number of ether oxygens (including phenoxy) is 2. The van der Waals surface area contributed by atoms with Crippen molar-refractivity contribution in [3.05, 3.63) is 41.5 Å². The number of hydrogen-bond donors (Lipinski definition) is 1. The molecular weight excluding hydrogens is 551 g/mol. The first kappa shape index (κ1) is 29.1. The number of alkyl halides is 1. The molecule has 8 atom stereocenters. The molecule has 6 rings (SSSR count). The molecule has 1 saturated heterocycles. The van der Waals surface area contributed by atoms with Gasteiger partial charge in [-0.2, -0.15) is 8.42 Å². The lowest BCUT2D eigenvalue weighted by molar-refractivity contribution is -0.251. The topological polar surface area (TPSA) is 116 Å². The van der Waals surface area contributed by atoms with Gasteiger partial charge in [0, 0.05) is 23.2 Å². The van der Waals surface area contributed by atoms with Crippen LogP contribution in [0.4, 0.5) is 4.39 Å². The molecule has 41 heavy (non-hydrogen) atoms. The van der Waals surface area contributed by atoms with Gasteiger partial charge in [-0.1, -0.05) is 37.1 Å². The summed E-state index contributed by atoms with van der Waals surface area (Å²) in [6, 6.07) is 6.13. The molecule has 8 nitrogen and oxygen atoms in total. The monoisotopic (exact) mass is 590 g/mol. The van der Waals surface area contributed by atoms with Crippen LogP contribution in [0.2, 0.25) is 0 Å². The Morgan fingerprint density at radius 1 is 1.12 bits per heavy atom. The number of aliphatic hydroxyl groups excluding tert-OH is 1. The Hall–Kier alpha value is -1.98. The van der Waals surface area contributed by atoms with E-state index < -0.39 is 68.5 Å². The fourth-order valence-corrected chi connectivity index (χ4v) is 10.0. The zero-order chi connectivity index (χ0) is 29.8. The molecule has 0 unspecified atom stereocenters. The molecule has 5 aliphatic rings. The molecule has 0 spiro atoms. The number of carbonyl (C=O) groups excluding carboxylic acids is 2. The van der Waals surface area contributed by atoms with Crippen molar-refractivity contribution in [1.82, 2.24) is 0 Å². The van der Waals surface area contributed by atoms with Gasteiger partial charge in [0.1, 0.15) is 12.3 Å². The smallest absolute Gasteiger partial charge is 0.297 e. The summed E-state index contributed by atoms with van der Waals surface area (Å²) in [7, 11) is -4.24. The normalized spacial score (nSPS) is 43.0. The molecule has 3 saturated carbocycles. The van der Waals surface area contributed by atoms with Crippen LogP contribution in [0, 0.1) is 29.6 Å². The zero-order valence-corrected chi connectivity index (χ0v) is 25.1. The Labute approximate surface area is 240 Å². The first-order valence-electron chi connectivity index (χ1n) is 14.5. The number of ketones is 2. The molecule has 224 valence electrons. The Bertz CT molecular complexity index is 1440. The number of fused-ring (bicyclic) bond motifs is 7. The van der Waals surface area contributed by atoms with Crippen molar-refractivity contribution >= 4 is 21.7 Å². The minimum Gasteiger partial charge on any atom is -0.390 e. The zero-order valence-electron chi connectivity index (χ0n) is 24.2. The molecule has 0 bridgehead atoms. The van der Waals surface area contributed by atoms with Gasteiger partial charge in [0.2, 0.25) is 0 Å². The molecule has 1 heterocycles. The molecule has 0 aromatic heterocycles. The van der Waals surface area contributed by atoms with Crippen molar-refractivity contribution < 1.29 is 41.2 Å². The number of aryl methyl sites for hydroxylation is 1. The fraction of sp³-hybridized carbons (Fsp3) is 0.677. The molecule has 1 aromatic rings. The van der Waals surface area contributed by atoms with Gasteiger partial charge in [0.15, 0.2) is 23.0 Å². The molecule has 1 N–H and O–H groups in total. The van der Waals surface area contributed by atoms with Crippen LogP contribution in [-0.2, 0) is 33.4 Å². The first-order valence-corrected chi connectivity index (χ1v) is 15.9. The van der Waals surface area contributed by atoms with Crippen LogP contribution in [0.3, 0.4) is 0 Å². The molecule has 4 fully saturated rings. The van der Waals surface area contributed by atoms with Crippen molar-refractivity contribution in [3.63, 3.8) is 0 Å². The number of aliphatic hydroxyl groups is 1. The highest BCUT2D eigenvalue weighted by atomic mass is 32.2. The average molecular weight is 591 g/mol. The molecule has 0 amide bonds. The van der Waals surface area contributed by atoms with Gasteiger partial charge >= 0.3 is 0 Å². The minimum absolute atomic E-state index is 0.0146. The third-order valence-corrected chi connectivity index (χ3v) is 12.4. The van der Waals surface area contributed by atoms with Crippen molar-refractivity contribution in [1.29, 1.82) is 0 Å². The van der Waals surface area contributed by atoms with E-state index in [2.05, 4.69) is 0 Å². The summed E-state index contributed by atoms with van der Waals surface area (Å²) in [4.78, 5) is 26.3. The number of carbonyl (C=O) groups is 2. The van der Waals surface area contributed by atoms with E-state index in [1.54, 1.807) is 32.1 Å². The summed E-state index contributed by atoms with van der Waals surface area (Å²) in [5.74, 6) is -2.75. The lowest BCUT2D eigenvalue weighted by Gasteiger charge is -2.63. The van der Waals surface area contributed by atoms with E-state index in [-0.39, 0.29) is 29.4 Å². The van der Waals surface area contributed by atoms with Crippen LogP contribution >= 0.6 is 0 Å². The summed E-state index contributed by atoms with van der Waals surface area (Å²) in [5.41, 5.74) is -4.05. The van der Waals surface area contributed by atoms with Gasteiger partial charge in [-0.25, -0.2) is 4.39 Å². The Morgan fingerprint density at radius 2 is 1.80 bits per heavy atom. The van der Waals surface area contributed by atoms with Crippen molar-refractivity contribution in [2.24, 2.45) is 22.7 Å². The lowest BCUT2D eigenvalue weighted by atomic mass is 9.44. The van der Waals surface area contributed by atoms with Gasteiger partial charge in [0.25, 0.3) is 10.1 Å². The van der Waals surface area contributed by atoms with E-state index in [9.17, 15) is 23.1 Å². The van der Waals surface area contributed by atoms with E-state index in [4.69, 9.17) is 13.7 Å². The Kier molecular flexibility index (Phi) is 6.40. The Balaban J connectivity index is 1.36. The molecule has 0 radical (unpaired) electrons. The van der Waals surface area contributed by atoms with Gasteiger partial charge in [-0.3, -0.25) is 13.8 Å². The summed E-state index contributed by atoms with van der Waals surface area (Å²) < 4.78 is 61.5. The lowest BCUT2D eigenvalue weighted by Crippen LogP contribution is -2.70. The minimum atomic E-state index is -4.24. The predicted octanol–water partition coefficient (Wildman–Crippen LogP) is 4.36. The summed E-state index contributed by atoms with van der Waals surface area (Å²) in [6.07, 6.45) is 1.13. The highest BCUT2D eigenvalue weighted by Gasteiger charge is 2.80. The maximum atomic E-state index is 17.6. The highest BCUT2D eigenvalue weighted by Crippen LogP contribution is 2.72. The standard InChI is InChI=1S/C31H39FO8S/c1-18-6-9-21(10-7-18)41(36,37)38-17-25(35)31-26(39-27(2,3)40-31)15-23-22-11-8-19-14-20(33)12-13-28(19,4)30(22,32)24(34)16-29(23,31)5/h6-7,9-10,14,22-24,26,34H,8,11-13,15-17H2,1-5H3/t22-,23-,24-,26+,28-,29-,30-,31+/m0/s1. The number of benzene rings is 1. The summed E-state index contributed by atoms with van der Waals surface area (Å²) in [5, 5.41) is 11.7. The molecule has 1 aromatic carbocycles. The highest BCUT2D eigenvalue weighted by molar-refractivity contribution is 7.86. The molecule has 4 aliphatic carbocycles. The SMILES string of the molecule is Cc1ccc(S(=O)(=O)OCC(=O)[C@@]23OC(C)(C)O[C@@H]2C[C@H]2[C@@H]4CCC5=CC(=O)CC[C@]5(C)[C@@]4(F)[C@@H](O)C[C@@]23C)cc1.